The van der Waals surface area contributed by atoms with E-state index in [0.717, 1.165) is 32.1 Å². The molecule has 2 aromatic carbocycles. The number of hydrogen-bond acceptors (Lipinski definition) is 4. The number of carbonyl (C=O) groups is 2. The topological polar surface area (TPSA) is 104 Å². The van der Waals surface area contributed by atoms with Crippen LogP contribution < -0.4 is 15.4 Å². The van der Waals surface area contributed by atoms with Crippen molar-refractivity contribution >= 4 is 22.0 Å². The fourth-order valence-corrected chi connectivity index (χ4v) is 4.90. The summed E-state index contributed by atoms with van der Waals surface area (Å²) in [5, 5.41) is 4.89. The first-order valence-electron chi connectivity index (χ1n) is 11.6. The van der Waals surface area contributed by atoms with Gasteiger partial charge < -0.3 is 10.6 Å². The van der Waals surface area contributed by atoms with Crippen LogP contribution in [0.3, 0.4) is 0 Å². The highest BCUT2D eigenvalue weighted by molar-refractivity contribution is 7.90. The molecule has 3 N–H and O–H groups in total. The molecule has 3 rings (SSSR count). The lowest BCUT2D eigenvalue weighted by molar-refractivity contribution is -0.143. The smallest absolute Gasteiger partial charge is 0.352 e. The van der Waals surface area contributed by atoms with E-state index < -0.39 is 51.0 Å². The van der Waals surface area contributed by atoms with E-state index in [1.54, 1.807) is 0 Å². The highest BCUT2D eigenvalue weighted by atomic mass is 32.2. The van der Waals surface area contributed by atoms with Gasteiger partial charge >= 0.3 is 18.4 Å². The highest BCUT2D eigenvalue weighted by Crippen LogP contribution is 2.36. The van der Waals surface area contributed by atoms with Crippen molar-refractivity contribution < 1.29 is 44.3 Å². The summed E-state index contributed by atoms with van der Waals surface area (Å²) < 4.78 is 105. The van der Waals surface area contributed by atoms with Crippen molar-refractivity contribution in [1.82, 2.24) is 15.4 Å². The number of nitrogens with one attached hydrogen (secondary N) is 3. The Hall–Kier alpha value is -3.29. The average molecular weight is 566 g/mol. The summed E-state index contributed by atoms with van der Waals surface area (Å²) in [4.78, 5) is 24.1. The fraction of sp³-hybridized carbons (Fsp3) is 0.417. The minimum atomic E-state index is -5.08. The lowest BCUT2D eigenvalue weighted by atomic mass is 9.96. The van der Waals surface area contributed by atoms with Gasteiger partial charge in [0.05, 0.1) is 16.0 Å². The van der Waals surface area contributed by atoms with Crippen LogP contribution in [0.4, 0.5) is 31.1 Å². The minimum Gasteiger partial charge on any atom is -0.352 e. The van der Waals surface area contributed by atoms with E-state index in [1.807, 2.05) is 4.72 Å². The Morgan fingerprint density at radius 1 is 0.842 bits per heavy atom. The van der Waals surface area contributed by atoms with Crippen LogP contribution >= 0.6 is 0 Å². The average Bonchev–Trinajstić information content (AvgIpc) is 2.83. The first-order chi connectivity index (χ1) is 17.6. The number of hydrogen-bond donors (Lipinski definition) is 3. The number of benzene rings is 2. The zero-order valence-corrected chi connectivity index (χ0v) is 20.7. The standard InChI is InChI=1S/C24H25F6N3O4S/c25-23(26,27)17-12-16(13-18(14-17)24(28,29)30)21(34)31-11-10-15-6-8-20(9-7-15)38(36,37)33-22(35)32-19-4-2-1-3-5-19/h6-9,12-14,19H,1-5,10-11H2,(H,31,34)(H2,32,33,35). The zero-order chi connectivity index (χ0) is 28.1. The Kier molecular flexibility index (Phi) is 8.95. The third-order valence-electron chi connectivity index (χ3n) is 5.95. The minimum absolute atomic E-state index is 0.0686. The summed E-state index contributed by atoms with van der Waals surface area (Å²) in [5.41, 5.74) is -3.48. The molecule has 0 saturated heterocycles. The molecular formula is C24H25F6N3O4S. The Labute approximate surface area is 215 Å². The van der Waals surface area contributed by atoms with Crippen LogP contribution in [0, 0.1) is 0 Å². The summed E-state index contributed by atoms with van der Waals surface area (Å²) >= 11 is 0. The molecule has 38 heavy (non-hydrogen) atoms. The van der Waals surface area contributed by atoms with Gasteiger partial charge in [0.1, 0.15) is 0 Å². The van der Waals surface area contributed by atoms with Gasteiger partial charge in [0, 0.05) is 18.2 Å². The van der Waals surface area contributed by atoms with Gasteiger partial charge in [-0.05, 0) is 55.2 Å². The number of halogens is 6. The van der Waals surface area contributed by atoms with Gasteiger partial charge in [-0.3, -0.25) is 4.79 Å². The van der Waals surface area contributed by atoms with Gasteiger partial charge in [-0.1, -0.05) is 31.4 Å². The quantitative estimate of drug-likeness (QED) is 0.411. The van der Waals surface area contributed by atoms with E-state index in [2.05, 4.69) is 10.6 Å². The van der Waals surface area contributed by atoms with Crippen LogP contribution in [0.25, 0.3) is 0 Å². The Morgan fingerprint density at radius 3 is 1.92 bits per heavy atom. The SMILES string of the molecule is O=C(NC1CCCCC1)NS(=O)(=O)c1ccc(CCNC(=O)c2cc(C(F)(F)F)cc(C(F)(F)F)c2)cc1. The lowest BCUT2D eigenvalue weighted by Crippen LogP contribution is -2.45. The van der Waals surface area contributed by atoms with Crippen molar-refractivity contribution in [3.63, 3.8) is 0 Å². The molecule has 2 aromatic rings. The molecule has 0 unspecified atom stereocenters. The third-order valence-corrected chi connectivity index (χ3v) is 7.30. The molecule has 0 radical (unpaired) electrons. The van der Waals surface area contributed by atoms with Crippen molar-refractivity contribution in [1.29, 1.82) is 0 Å². The Balaban J connectivity index is 1.58. The molecular weight excluding hydrogens is 540 g/mol. The van der Waals surface area contributed by atoms with E-state index in [0.29, 0.717) is 17.7 Å². The van der Waals surface area contributed by atoms with E-state index in [1.165, 1.54) is 24.3 Å². The van der Waals surface area contributed by atoms with E-state index in [9.17, 15) is 44.3 Å². The maximum absolute atomic E-state index is 13.0. The summed E-state index contributed by atoms with van der Waals surface area (Å²) in [6, 6.07) is 4.97. The van der Waals surface area contributed by atoms with Crippen LogP contribution in [0.5, 0.6) is 0 Å². The van der Waals surface area contributed by atoms with Crippen LogP contribution in [-0.2, 0) is 28.8 Å². The predicted octanol–water partition coefficient (Wildman–Crippen LogP) is 5.02. The zero-order valence-electron chi connectivity index (χ0n) is 19.9. The van der Waals surface area contributed by atoms with Crippen LogP contribution in [0.15, 0.2) is 47.4 Å². The summed E-state index contributed by atoms with van der Waals surface area (Å²) in [7, 11) is -4.14. The fourth-order valence-electron chi connectivity index (χ4n) is 3.99. The van der Waals surface area contributed by atoms with Gasteiger partial charge in [-0.15, -0.1) is 0 Å². The third kappa shape index (κ3) is 8.10. The second-order valence-electron chi connectivity index (χ2n) is 8.86. The summed E-state index contributed by atoms with van der Waals surface area (Å²) in [6.07, 6.45) is -5.53. The van der Waals surface area contributed by atoms with Gasteiger partial charge in [0.2, 0.25) is 0 Å². The van der Waals surface area contributed by atoms with Crippen LogP contribution in [-0.4, -0.2) is 32.9 Å². The molecule has 1 saturated carbocycles. The monoisotopic (exact) mass is 565 g/mol. The predicted molar refractivity (Wildman–Crippen MR) is 125 cm³/mol. The number of sulfonamides is 1. The van der Waals surface area contributed by atoms with Crippen molar-refractivity contribution in [2.24, 2.45) is 0 Å². The van der Waals surface area contributed by atoms with Crippen LogP contribution in [0.1, 0.15) is 59.2 Å². The molecule has 0 bridgehead atoms. The molecule has 0 heterocycles. The molecule has 1 aliphatic carbocycles. The van der Waals surface area contributed by atoms with Gasteiger partial charge in [-0.2, -0.15) is 26.3 Å². The molecule has 0 aliphatic heterocycles. The molecule has 14 heteroatoms. The van der Waals surface area contributed by atoms with E-state index in [4.69, 9.17) is 0 Å². The van der Waals surface area contributed by atoms with Crippen molar-refractivity contribution in [2.75, 3.05) is 6.54 Å². The first kappa shape index (κ1) is 29.3. The Bertz CT molecular complexity index is 1220. The maximum Gasteiger partial charge on any atom is 0.416 e. The second-order valence-corrected chi connectivity index (χ2v) is 10.5. The highest BCUT2D eigenvalue weighted by Gasteiger charge is 2.37. The number of urea groups is 1. The van der Waals surface area contributed by atoms with Crippen molar-refractivity contribution in [3.8, 4) is 0 Å². The molecule has 0 spiro atoms. The van der Waals surface area contributed by atoms with Gasteiger partial charge in [0.25, 0.3) is 15.9 Å². The molecule has 0 aromatic heterocycles. The number of amides is 3. The number of alkyl halides is 6. The molecule has 0 atom stereocenters. The molecule has 1 aliphatic rings. The lowest BCUT2D eigenvalue weighted by Gasteiger charge is -2.22. The first-order valence-corrected chi connectivity index (χ1v) is 13.1. The largest absolute Gasteiger partial charge is 0.416 e. The van der Waals surface area contributed by atoms with E-state index >= 15 is 0 Å². The summed E-state index contributed by atoms with van der Waals surface area (Å²) in [5.74, 6) is -1.13. The van der Waals surface area contributed by atoms with Gasteiger partial charge in [-0.25, -0.2) is 17.9 Å². The van der Waals surface area contributed by atoms with Gasteiger partial charge in [0.15, 0.2) is 0 Å². The summed E-state index contributed by atoms with van der Waals surface area (Å²) in [6.45, 7) is -0.148. The number of rotatable bonds is 7. The Morgan fingerprint density at radius 2 is 1.39 bits per heavy atom. The molecule has 1 fully saturated rings. The maximum atomic E-state index is 13.0. The van der Waals surface area contributed by atoms with Crippen LogP contribution in [0.2, 0.25) is 0 Å². The second kappa shape index (κ2) is 11.6. The normalized spacial score (nSPS) is 15.1. The molecule has 7 nitrogen and oxygen atoms in total. The van der Waals surface area contributed by atoms with Crippen molar-refractivity contribution in [2.45, 2.75) is 61.8 Å². The van der Waals surface area contributed by atoms with E-state index in [-0.39, 0.29) is 30.0 Å². The molecule has 3 amide bonds. The van der Waals surface area contributed by atoms with Crippen molar-refractivity contribution in [3.05, 3.63) is 64.7 Å². The molecule has 208 valence electrons. The number of carbonyl (C=O) groups excluding carboxylic acids is 2.